The maximum Gasteiger partial charge on any atom is 0.242 e. The van der Waals surface area contributed by atoms with Crippen LogP contribution in [0.3, 0.4) is 0 Å². The van der Waals surface area contributed by atoms with Gasteiger partial charge in [0.05, 0.1) is 11.8 Å². The number of aliphatic hydroxyl groups is 1. The molecule has 18 heavy (non-hydrogen) atoms. The number of nitrogens with zero attached hydrogens (tertiary/aromatic N) is 1. The van der Waals surface area contributed by atoms with Crippen LogP contribution in [0.15, 0.2) is 23.1 Å². The van der Waals surface area contributed by atoms with Crippen molar-refractivity contribution in [3.05, 3.63) is 18.2 Å². The first-order valence-corrected chi connectivity index (χ1v) is 6.98. The highest BCUT2D eigenvalue weighted by Crippen LogP contribution is 2.26. The molecular formula is C11H19N3O3S. The summed E-state index contributed by atoms with van der Waals surface area (Å²) in [7, 11) is -0.526. The lowest BCUT2D eigenvalue weighted by molar-refractivity contribution is 0.201. The van der Waals surface area contributed by atoms with Crippen LogP contribution in [-0.4, -0.2) is 40.3 Å². The van der Waals surface area contributed by atoms with Gasteiger partial charge in [-0.25, -0.2) is 13.1 Å². The van der Waals surface area contributed by atoms with Crippen molar-refractivity contribution in [1.82, 2.24) is 4.72 Å². The van der Waals surface area contributed by atoms with Crippen LogP contribution in [0, 0.1) is 0 Å². The zero-order chi connectivity index (χ0) is 13.9. The van der Waals surface area contributed by atoms with Crippen LogP contribution in [0.1, 0.15) is 6.92 Å². The molecule has 4 N–H and O–H groups in total. The summed E-state index contributed by atoms with van der Waals surface area (Å²) >= 11 is 0. The van der Waals surface area contributed by atoms with E-state index in [9.17, 15) is 13.5 Å². The summed E-state index contributed by atoms with van der Waals surface area (Å²) in [4.78, 5) is 1.78. The average Bonchev–Trinajstić information content (AvgIpc) is 2.27. The number of sulfonamides is 1. The summed E-state index contributed by atoms with van der Waals surface area (Å²) in [5, 5.41) is 9.36. The second-order valence-corrected chi connectivity index (χ2v) is 6.02. The molecule has 7 heteroatoms. The smallest absolute Gasteiger partial charge is 0.242 e. The van der Waals surface area contributed by atoms with Crippen molar-refractivity contribution in [3.8, 4) is 0 Å². The SMILES string of the molecule is CNS(=O)(=O)c1cc(N)ccc1N(C)CC(C)O. The molecule has 102 valence electrons. The Hall–Kier alpha value is -1.31. The molecule has 0 amide bonds. The van der Waals surface area contributed by atoms with E-state index in [0.29, 0.717) is 17.9 Å². The largest absolute Gasteiger partial charge is 0.399 e. The Morgan fingerprint density at radius 1 is 1.50 bits per heavy atom. The minimum Gasteiger partial charge on any atom is -0.399 e. The maximum absolute atomic E-state index is 11.9. The van der Waals surface area contributed by atoms with Crippen LogP contribution in [0.4, 0.5) is 11.4 Å². The van der Waals surface area contributed by atoms with E-state index in [0.717, 1.165) is 0 Å². The van der Waals surface area contributed by atoms with E-state index in [1.807, 2.05) is 0 Å². The van der Waals surface area contributed by atoms with E-state index in [1.165, 1.54) is 13.1 Å². The van der Waals surface area contributed by atoms with Gasteiger partial charge in [-0.1, -0.05) is 0 Å². The first-order chi connectivity index (χ1) is 8.27. The second kappa shape index (κ2) is 5.55. The molecule has 0 radical (unpaired) electrons. The zero-order valence-electron chi connectivity index (χ0n) is 10.7. The minimum absolute atomic E-state index is 0.105. The molecule has 1 rings (SSSR count). The number of likely N-dealkylation sites (N-methyl/N-ethyl adjacent to an activating group) is 1. The van der Waals surface area contributed by atoms with Gasteiger partial charge in [-0.2, -0.15) is 0 Å². The number of benzene rings is 1. The maximum atomic E-state index is 11.9. The summed E-state index contributed by atoms with van der Waals surface area (Å²) in [5.41, 5.74) is 6.49. The molecule has 0 heterocycles. The molecule has 1 aromatic carbocycles. The monoisotopic (exact) mass is 273 g/mol. The van der Waals surface area contributed by atoms with E-state index in [1.54, 1.807) is 31.0 Å². The van der Waals surface area contributed by atoms with Gasteiger partial charge in [0.25, 0.3) is 0 Å². The van der Waals surface area contributed by atoms with Gasteiger partial charge in [0.15, 0.2) is 0 Å². The molecule has 0 aliphatic rings. The standard InChI is InChI=1S/C11H19N3O3S/c1-8(15)7-14(3)10-5-4-9(12)6-11(10)18(16,17)13-2/h4-6,8,13,15H,7,12H2,1-3H3. The molecule has 0 saturated heterocycles. The Labute approximate surface area is 107 Å². The topological polar surface area (TPSA) is 95.7 Å². The molecule has 0 saturated carbocycles. The molecule has 1 unspecified atom stereocenters. The molecule has 0 spiro atoms. The lowest BCUT2D eigenvalue weighted by Gasteiger charge is -2.23. The van der Waals surface area contributed by atoms with Gasteiger partial charge in [-0.3, -0.25) is 0 Å². The van der Waals surface area contributed by atoms with E-state index in [4.69, 9.17) is 5.73 Å². The Morgan fingerprint density at radius 3 is 2.61 bits per heavy atom. The summed E-state index contributed by atoms with van der Waals surface area (Å²) in [6.45, 7) is 1.97. The lowest BCUT2D eigenvalue weighted by Crippen LogP contribution is -2.29. The number of rotatable bonds is 5. The summed E-state index contributed by atoms with van der Waals surface area (Å²) in [6, 6.07) is 4.66. The molecule has 0 aromatic heterocycles. The van der Waals surface area contributed by atoms with Crippen molar-refractivity contribution in [2.75, 3.05) is 31.3 Å². The summed E-state index contributed by atoms with van der Waals surface area (Å²) in [6.07, 6.45) is -0.558. The molecule has 6 nitrogen and oxygen atoms in total. The van der Waals surface area contributed by atoms with Crippen molar-refractivity contribution in [1.29, 1.82) is 0 Å². The van der Waals surface area contributed by atoms with Gasteiger partial charge in [0.2, 0.25) is 10.0 Å². The number of hydrogen-bond donors (Lipinski definition) is 3. The fourth-order valence-corrected chi connectivity index (χ4v) is 2.68. The van der Waals surface area contributed by atoms with Gasteiger partial charge in [-0.15, -0.1) is 0 Å². The number of nitrogens with two attached hydrogens (primary N) is 1. The minimum atomic E-state index is -3.59. The van der Waals surface area contributed by atoms with Crippen LogP contribution in [0.2, 0.25) is 0 Å². The number of nitrogen functional groups attached to an aromatic ring is 1. The Kier molecular flexibility index (Phi) is 4.55. The number of aliphatic hydroxyl groups excluding tert-OH is 1. The Bertz CT molecular complexity index is 514. The van der Waals surface area contributed by atoms with Crippen molar-refractivity contribution >= 4 is 21.4 Å². The van der Waals surface area contributed by atoms with Crippen molar-refractivity contribution in [2.24, 2.45) is 0 Å². The number of nitrogens with one attached hydrogen (secondary N) is 1. The normalized spacial score (nSPS) is 13.3. The van der Waals surface area contributed by atoms with E-state index >= 15 is 0 Å². The van der Waals surface area contributed by atoms with Gasteiger partial charge >= 0.3 is 0 Å². The van der Waals surface area contributed by atoms with E-state index in [-0.39, 0.29) is 4.90 Å². The van der Waals surface area contributed by atoms with Crippen LogP contribution >= 0.6 is 0 Å². The molecule has 0 fully saturated rings. The van der Waals surface area contributed by atoms with Crippen LogP contribution in [0.5, 0.6) is 0 Å². The molecule has 0 bridgehead atoms. The van der Waals surface area contributed by atoms with Crippen LogP contribution in [-0.2, 0) is 10.0 Å². The van der Waals surface area contributed by atoms with E-state index < -0.39 is 16.1 Å². The first kappa shape index (κ1) is 14.7. The average molecular weight is 273 g/mol. The fraction of sp³-hybridized carbons (Fsp3) is 0.455. The molecule has 0 aliphatic carbocycles. The number of hydrogen-bond acceptors (Lipinski definition) is 5. The van der Waals surface area contributed by atoms with Gasteiger partial charge < -0.3 is 15.7 Å². The van der Waals surface area contributed by atoms with Gasteiger partial charge in [0.1, 0.15) is 4.90 Å². The Morgan fingerprint density at radius 2 is 2.11 bits per heavy atom. The lowest BCUT2D eigenvalue weighted by atomic mass is 10.2. The third-order valence-corrected chi connectivity index (χ3v) is 3.93. The van der Waals surface area contributed by atoms with Crippen molar-refractivity contribution in [2.45, 2.75) is 17.9 Å². The summed E-state index contributed by atoms with van der Waals surface area (Å²) < 4.78 is 26.1. The third kappa shape index (κ3) is 3.34. The fourth-order valence-electron chi connectivity index (χ4n) is 1.67. The predicted molar refractivity (Wildman–Crippen MR) is 72.1 cm³/mol. The highest BCUT2D eigenvalue weighted by atomic mass is 32.2. The highest BCUT2D eigenvalue weighted by Gasteiger charge is 2.19. The molecule has 1 atom stereocenters. The molecule has 0 aliphatic heterocycles. The second-order valence-electron chi connectivity index (χ2n) is 4.16. The quantitative estimate of drug-likeness (QED) is 0.656. The summed E-state index contributed by atoms with van der Waals surface area (Å²) in [5.74, 6) is 0. The van der Waals surface area contributed by atoms with Crippen molar-refractivity contribution < 1.29 is 13.5 Å². The van der Waals surface area contributed by atoms with Crippen LogP contribution < -0.4 is 15.4 Å². The van der Waals surface area contributed by atoms with Gasteiger partial charge in [-0.05, 0) is 32.2 Å². The van der Waals surface area contributed by atoms with Crippen molar-refractivity contribution in [3.63, 3.8) is 0 Å². The van der Waals surface area contributed by atoms with Gasteiger partial charge in [0, 0.05) is 19.3 Å². The Balaban J connectivity index is 3.28. The zero-order valence-corrected chi connectivity index (χ0v) is 11.5. The highest BCUT2D eigenvalue weighted by molar-refractivity contribution is 7.89. The molecule has 1 aromatic rings. The third-order valence-electron chi connectivity index (χ3n) is 2.49. The van der Waals surface area contributed by atoms with E-state index in [2.05, 4.69) is 4.72 Å². The van der Waals surface area contributed by atoms with Crippen LogP contribution in [0.25, 0.3) is 0 Å². The predicted octanol–water partition coefficient (Wildman–Crippen LogP) is -0.00610. The number of anilines is 2. The first-order valence-electron chi connectivity index (χ1n) is 5.50. The molecular weight excluding hydrogens is 254 g/mol.